The predicted octanol–water partition coefficient (Wildman–Crippen LogP) is -0.938. The van der Waals surface area contributed by atoms with Crippen LogP contribution in [-0.4, -0.2) is 33.7 Å². The van der Waals surface area contributed by atoms with Crippen LogP contribution in [0.3, 0.4) is 0 Å². The standard InChI is InChI=1S/C7H14N2O3S/c1-8-13(11,12)5-4-9-7(10)6-2-3-6/h6,8H,2-5H2,1H3,(H,9,10). The van der Waals surface area contributed by atoms with Crippen molar-refractivity contribution in [2.45, 2.75) is 12.8 Å². The third-order valence-electron chi connectivity index (χ3n) is 1.93. The van der Waals surface area contributed by atoms with Crippen molar-refractivity contribution in [1.29, 1.82) is 0 Å². The van der Waals surface area contributed by atoms with Crippen molar-refractivity contribution in [2.24, 2.45) is 5.92 Å². The fourth-order valence-electron chi connectivity index (χ4n) is 0.901. The summed E-state index contributed by atoms with van der Waals surface area (Å²) in [5.41, 5.74) is 0. The summed E-state index contributed by atoms with van der Waals surface area (Å²) in [4.78, 5) is 11.1. The molecule has 1 fully saturated rings. The van der Waals surface area contributed by atoms with Crippen LogP contribution in [0.5, 0.6) is 0 Å². The van der Waals surface area contributed by atoms with Gasteiger partial charge in [-0.15, -0.1) is 0 Å². The molecule has 76 valence electrons. The third-order valence-corrected chi connectivity index (χ3v) is 3.29. The number of rotatable bonds is 5. The first kappa shape index (κ1) is 10.5. The zero-order valence-corrected chi connectivity index (χ0v) is 8.36. The van der Waals surface area contributed by atoms with Crippen molar-refractivity contribution in [3.8, 4) is 0 Å². The van der Waals surface area contributed by atoms with E-state index in [4.69, 9.17) is 0 Å². The van der Waals surface area contributed by atoms with Crippen LogP contribution in [-0.2, 0) is 14.8 Å². The van der Waals surface area contributed by atoms with Crippen LogP contribution in [0.2, 0.25) is 0 Å². The van der Waals surface area contributed by atoms with Crippen molar-refractivity contribution < 1.29 is 13.2 Å². The summed E-state index contributed by atoms with van der Waals surface area (Å²) in [5.74, 6) is 0.0608. The van der Waals surface area contributed by atoms with Crippen molar-refractivity contribution >= 4 is 15.9 Å². The maximum absolute atomic E-state index is 11.1. The highest BCUT2D eigenvalue weighted by molar-refractivity contribution is 7.89. The molecule has 0 radical (unpaired) electrons. The molecule has 0 heterocycles. The maximum atomic E-state index is 11.1. The molecule has 0 spiro atoms. The lowest BCUT2D eigenvalue weighted by atomic mass is 10.4. The predicted molar refractivity (Wildman–Crippen MR) is 48.6 cm³/mol. The van der Waals surface area contributed by atoms with E-state index in [2.05, 4.69) is 10.0 Å². The van der Waals surface area contributed by atoms with Crippen LogP contribution in [0, 0.1) is 5.92 Å². The summed E-state index contributed by atoms with van der Waals surface area (Å²) in [7, 11) is -1.83. The Morgan fingerprint density at radius 1 is 1.46 bits per heavy atom. The van der Waals surface area contributed by atoms with Crippen molar-refractivity contribution in [3.63, 3.8) is 0 Å². The molecule has 13 heavy (non-hydrogen) atoms. The minimum atomic E-state index is -3.19. The second-order valence-electron chi connectivity index (χ2n) is 3.09. The molecule has 0 aliphatic heterocycles. The summed E-state index contributed by atoms with van der Waals surface area (Å²) in [6, 6.07) is 0. The molecule has 1 aliphatic rings. The zero-order valence-electron chi connectivity index (χ0n) is 7.54. The summed E-state index contributed by atoms with van der Waals surface area (Å²) >= 11 is 0. The molecule has 0 bridgehead atoms. The average Bonchev–Trinajstić information content (AvgIpc) is 2.86. The van der Waals surface area contributed by atoms with Gasteiger partial charge in [0.1, 0.15) is 0 Å². The Labute approximate surface area is 77.9 Å². The van der Waals surface area contributed by atoms with E-state index >= 15 is 0 Å². The van der Waals surface area contributed by atoms with Crippen LogP contribution in [0.1, 0.15) is 12.8 Å². The first-order valence-corrected chi connectivity index (χ1v) is 5.89. The molecule has 0 saturated heterocycles. The van der Waals surface area contributed by atoms with Crippen molar-refractivity contribution in [1.82, 2.24) is 10.0 Å². The van der Waals surface area contributed by atoms with E-state index in [-0.39, 0.29) is 24.1 Å². The quantitative estimate of drug-likeness (QED) is 0.609. The summed E-state index contributed by atoms with van der Waals surface area (Å²) in [6.45, 7) is 0.193. The normalized spacial score (nSPS) is 17.0. The highest BCUT2D eigenvalue weighted by Gasteiger charge is 2.29. The number of carbonyl (C=O) groups excluding carboxylic acids is 1. The van der Waals surface area contributed by atoms with Gasteiger partial charge in [0.15, 0.2) is 0 Å². The topological polar surface area (TPSA) is 75.3 Å². The molecule has 1 aliphatic carbocycles. The number of hydrogen-bond donors (Lipinski definition) is 2. The zero-order chi connectivity index (χ0) is 9.90. The smallest absolute Gasteiger partial charge is 0.223 e. The Morgan fingerprint density at radius 3 is 2.54 bits per heavy atom. The van der Waals surface area contributed by atoms with E-state index in [1.807, 2.05) is 0 Å². The fourth-order valence-corrected chi connectivity index (χ4v) is 1.48. The molecular formula is C7H14N2O3S. The van der Waals surface area contributed by atoms with Gasteiger partial charge in [0.05, 0.1) is 5.75 Å². The molecule has 1 rings (SSSR count). The van der Waals surface area contributed by atoms with Gasteiger partial charge in [0.2, 0.25) is 15.9 Å². The minimum Gasteiger partial charge on any atom is -0.355 e. The lowest BCUT2D eigenvalue weighted by molar-refractivity contribution is -0.122. The van der Waals surface area contributed by atoms with Gasteiger partial charge in [-0.05, 0) is 19.9 Å². The monoisotopic (exact) mass is 206 g/mol. The van der Waals surface area contributed by atoms with Gasteiger partial charge in [-0.25, -0.2) is 13.1 Å². The molecule has 0 aromatic carbocycles. The van der Waals surface area contributed by atoms with E-state index < -0.39 is 10.0 Å². The first-order chi connectivity index (χ1) is 6.05. The third kappa shape index (κ3) is 3.73. The van der Waals surface area contributed by atoms with Crippen LogP contribution in [0.25, 0.3) is 0 Å². The Kier molecular flexibility index (Phi) is 3.27. The SMILES string of the molecule is CNS(=O)(=O)CCNC(=O)C1CC1. The summed E-state index contributed by atoms with van der Waals surface area (Å²) in [6.07, 6.45) is 1.87. The van der Waals surface area contributed by atoms with Crippen LogP contribution >= 0.6 is 0 Å². The molecule has 0 aromatic rings. The van der Waals surface area contributed by atoms with Gasteiger partial charge >= 0.3 is 0 Å². The number of sulfonamides is 1. The highest BCUT2D eigenvalue weighted by Crippen LogP contribution is 2.28. The van der Waals surface area contributed by atoms with E-state index in [9.17, 15) is 13.2 Å². The average molecular weight is 206 g/mol. The molecule has 5 nitrogen and oxygen atoms in total. The fraction of sp³-hybridized carbons (Fsp3) is 0.857. The van der Waals surface area contributed by atoms with Gasteiger partial charge in [0, 0.05) is 12.5 Å². The van der Waals surface area contributed by atoms with E-state index in [1.165, 1.54) is 7.05 Å². The van der Waals surface area contributed by atoms with Crippen LogP contribution < -0.4 is 10.0 Å². The molecule has 0 aromatic heterocycles. The molecule has 0 atom stereocenters. The van der Waals surface area contributed by atoms with E-state index in [0.29, 0.717) is 0 Å². The Hall–Kier alpha value is -0.620. The maximum Gasteiger partial charge on any atom is 0.223 e. The first-order valence-electron chi connectivity index (χ1n) is 4.24. The number of amides is 1. The molecule has 1 amide bonds. The molecular weight excluding hydrogens is 192 g/mol. The van der Waals surface area contributed by atoms with Gasteiger partial charge in [0.25, 0.3) is 0 Å². The molecule has 6 heteroatoms. The van der Waals surface area contributed by atoms with Gasteiger partial charge in [-0.1, -0.05) is 0 Å². The Bertz CT molecular complexity index is 282. The number of hydrogen-bond acceptors (Lipinski definition) is 3. The van der Waals surface area contributed by atoms with Crippen molar-refractivity contribution in [2.75, 3.05) is 19.3 Å². The van der Waals surface area contributed by atoms with E-state index in [1.54, 1.807) is 0 Å². The van der Waals surface area contributed by atoms with Gasteiger partial charge < -0.3 is 5.32 Å². The lowest BCUT2D eigenvalue weighted by Gasteiger charge is -2.03. The summed E-state index contributed by atoms with van der Waals surface area (Å²) in [5, 5.41) is 2.58. The highest BCUT2D eigenvalue weighted by atomic mass is 32.2. The van der Waals surface area contributed by atoms with E-state index in [0.717, 1.165) is 12.8 Å². The largest absolute Gasteiger partial charge is 0.355 e. The summed E-state index contributed by atoms with van der Waals surface area (Å²) < 4.78 is 24.0. The molecule has 2 N–H and O–H groups in total. The second kappa shape index (κ2) is 4.06. The Morgan fingerprint density at radius 2 is 2.08 bits per heavy atom. The van der Waals surface area contributed by atoms with Gasteiger partial charge in [-0.3, -0.25) is 4.79 Å². The van der Waals surface area contributed by atoms with Crippen LogP contribution in [0.4, 0.5) is 0 Å². The number of carbonyl (C=O) groups is 1. The van der Waals surface area contributed by atoms with Crippen molar-refractivity contribution in [3.05, 3.63) is 0 Å². The molecule has 0 unspecified atom stereocenters. The van der Waals surface area contributed by atoms with Gasteiger partial charge in [-0.2, -0.15) is 0 Å². The minimum absolute atomic E-state index is 0.0219. The second-order valence-corrected chi connectivity index (χ2v) is 5.13. The Balaban J connectivity index is 2.16. The number of nitrogens with one attached hydrogen (secondary N) is 2. The van der Waals surface area contributed by atoms with Crippen LogP contribution in [0.15, 0.2) is 0 Å². The lowest BCUT2D eigenvalue weighted by Crippen LogP contribution is -2.33. The molecule has 1 saturated carbocycles.